The lowest BCUT2D eigenvalue weighted by molar-refractivity contribution is -0.0442. The molecule has 1 aromatic heterocycles. The molecule has 12 heavy (non-hydrogen) atoms. The standard InChI is InChI=1S/C7H8INO2S/c1-4-5(8)12-6(9-4)7-10-2-3-11-7/h7H,2-3H2,1H3. The lowest BCUT2D eigenvalue weighted by atomic mass is 10.6. The second-order valence-corrected chi connectivity index (χ2v) is 5.33. The summed E-state index contributed by atoms with van der Waals surface area (Å²) in [6, 6.07) is 0. The summed E-state index contributed by atoms with van der Waals surface area (Å²) in [6.07, 6.45) is -0.211. The number of thiazole rings is 1. The predicted molar refractivity (Wildman–Crippen MR) is 54.2 cm³/mol. The average molecular weight is 297 g/mol. The van der Waals surface area contributed by atoms with Crippen molar-refractivity contribution >= 4 is 33.9 Å². The Hall–Kier alpha value is 0.280. The van der Waals surface area contributed by atoms with Gasteiger partial charge in [-0.3, -0.25) is 0 Å². The van der Waals surface area contributed by atoms with Gasteiger partial charge in [0.05, 0.1) is 21.8 Å². The van der Waals surface area contributed by atoms with Gasteiger partial charge in [0.2, 0.25) is 6.29 Å². The number of nitrogens with zero attached hydrogens (tertiary/aromatic N) is 1. The van der Waals surface area contributed by atoms with Crippen LogP contribution in [0.1, 0.15) is 17.0 Å². The molecular weight excluding hydrogens is 289 g/mol. The normalized spacial score (nSPS) is 18.8. The number of hydrogen-bond donors (Lipinski definition) is 0. The smallest absolute Gasteiger partial charge is 0.211 e. The van der Waals surface area contributed by atoms with Crippen LogP contribution in [0.2, 0.25) is 0 Å². The molecule has 0 aliphatic carbocycles. The maximum absolute atomic E-state index is 5.33. The molecule has 5 heteroatoms. The molecule has 0 saturated carbocycles. The van der Waals surface area contributed by atoms with E-state index in [9.17, 15) is 0 Å². The molecule has 3 nitrogen and oxygen atoms in total. The summed E-state index contributed by atoms with van der Waals surface area (Å²) < 4.78 is 11.9. The third kappa shape index (κ3) is 1.63. The second kappa shape index (κ2) is 3.57. The van der Waals surface area contributed by atoms with Gasteiger partial charge in [0.25, 0.3) is 0 Å². The van der Waals surface area contributed by atoms with Crippen molar-refractivity contribution in [3.63, 3.8) is 0 Å². The summed E-state index contributed by atoms with van der Waals surface area (Å²) in [5, 5.41) is 0.939. The van der Waals surface area contributed by atoms with E-state index in [1.165, 1.54) is 2.88 Å². The summed E-state index contributed by atoms with van der Waals surface area (Å²) in [5.41, 5.74) is 1.06. The van der Waals surface area contributed by atoms with Crippen LogP contribution in [0.5, 0.6) is 0 Å². The molecule has 2 rings (SSSR count). The molecular formula is C7H8INO2S. The average Bonchev–Trinajstić information content (AvgIpc) is 2.61. The van der Waals surface area contributed by atoms with E-state index >= 15 is 0 Å². The fraction of sp³-hybridized carbons (Fsp3) is 0.571. The van der Waals surface area contributed by atoms with Crippen LogP contribution in [0.4, 0.5) is 0 Å². The van der Waals surface area contributed by atoms with Crippen molar-refractivity contribution in [2.24, 2.45) is 0 Å². The van der Waals surface area contributed by atoms with Gasteiger partial charge >= 0.3 is 0 Å². The Kier molecular flexibility index (Phi) is 2.63. The molecule has 0 unspecified atom stereocenters. The summed E-state index contributed by atoms with van der Waals surface area (Å²) in [6.45, 7) is 3.36. The molecule has 0 atom stereocenters. The van der Waals surface area contributed by atoms with Gasteiger partial charge in [-0.15, -0.1) is 11.3 Å². The van der Waals surface area contributed by atoms with Crippen molar-refractivity contribution in [3.05, 3.63) is 13.6 Å². The Bertz CT molecular complexity index is 263. The molecule has 0 N–H and O–H groups in total. The predicted octanol–water partition coefficient (Wildman–Crippen LogP) is 2.10. The van der Waals surface area contributed by atoms with Gasteiger partial charge < -0.3 is 9.47 Å². The highest BCUT2D eigenvalue weighted by Gasteiger charge is 2.22. The fourth-order valence-electron chi connectivity index (χ4n) is 1.000. The summed E-state index contributed by atoms with van der Waals surface area (Å²) in [7, 11) is 0. The van der Waals surface area contributed by atoms with Gasteiger partial charge in [-0.2, -0.15) is 0 Å². The molecule has 1 aromatic rings. The molecule has 1 fully saturated rings. The van der Waals surface area contributed by atoms with E-state index in [0.29, 0.717) is 13.2 Å². The van der Waals surface area contributed by atoms with E-state index in [-0.39, 0.29) is 6.29 Å². The minimum atomic E-state index is -0.211. The lowest BCUT2D eigenvalue weighted by Gasteiger charge is -2.02. The van der Waals surface area contributed by atoms with Crippen LogP contribution >= 0.6 is 33.9 Å². The maximum atomic E-state index is 5.33. The van der Waals surface area contributed by atoms with Gasteiger partial charge in [-0.25, -0.2) is 4.98 Å². The third-order valence-corrected chi connectivity index (χ3v) is 3.99. The van der Waals surface area contributed by atoms with Crippen LogP contribution in [0.3, 0.4) is 0 Å². The van der Waals surface area contributed by atoms with Crippen LogP contribution < -0.4 is 0 Å². The van der Waals surface area contributed by atoms with Crippen molar-refractivity contribution < 1.29 is 9.47 Å². The topological polar surface area (TPSA) is 31.4 Å². The van der Waals surface area contributed by atoms with Crippen LogP contribution in [-0.2, 0) is 9.47 Å². The van der Waals surface area contributed by atoms with E-state index in [2.05, 4.69) is 27.6 Å². The van der Waals surface area contributed by atoms with E-state index in [0.717, 1.165) is 10.7 Å². The van der Waals surface area contributed by atoms with Crippen LogP contribution in [-0.4, -0.2) is 18.2 Å². The van der Waals surface area contributed by atoms with Gasteiger partial charge in [-0.1, -0.05) is 0 Å². The highest BCUT2D eigenvalue weighted by molar-refractivity contribution is 14.1. The molecule has 0 aromatic carbocycles. The van der Waals surface area contributed by atoms with Crippen molar-refractivity contribution in [2.45, 2.75) is 13.2 Å². The zero-order chi connectivity index (χ0) is 8.55. The first-order chi connectivity index (χ1) is 5.77. The van der Waals surface area contributed by atoms with E-state index in [1.807, 2.05) is 6.92 Å². The van der Waals surface area contributed by atoms with Crippen molar-refractivity contribution in [1.82, 2.24) is 4.98 Å². The molecule has 1 saturated heterocycles. The summed E-state index contributed by atoms with van der Waals surface area (Å²) in [5.74, 6) is 0. The SMILES string of the molecule is Cc1nc(C2OCCO2)sc1I. The monoisotopic (exact) mass is 297 g/mol. The summed E-state index contributed by atoms with van der Waals surface area (Å²) >= 11 is 3.91. The Morgan fingerprint density at radius 2 is 2.17 bits per heavy atom. The zero-order valence-electron chi connectivity index (χ0n) is 6.54. The van der Waals surface area contributed by atoms with Crippen molar-refractivity contribution in [3.8, 4) is 0 Å². The molecule has 1 aliphatic rings. The Morgan fingerprint density at radius 1 is 1.50 bits per heavy atom. The van der Waals surface area contributed by atoms with E-state index in [1.54, 1.807) is 11.3 Å². The lowest BCUT2D eigenvalue weighted by Crippen LogP contribution is -1.96. The minimum Gasteiger partial charge on any atom is -0.344 e. The zero-order valence-corrected chi connectivity index (χ0v) is 9.52. The van der Waals surface area contributed by atoms with Gasteiger partial charge in [-0.05, 0) is 29.5 Å². The quantitative estimate of drug-likeness (QED) is 0.744. The Balaban J connectivity index is 2.21. The molecule has 66 valence electrons. The highest BCUT2D eigenvalue weighted by Crippen LogP contribution is 2.29. The maximum Gasteiger partial charge on any atom is 0.211 e. The largest absolute Gasteiger partial charge is 0.344 e. The van der Waals surface area contributed by atoms with Crippen LogP contribution in [0.15, 0.2) is 0 Å². The van der Waals surface area contributed by atoms with E-state index in [4.69, 9.17) is 9.47 Å². The first-order valence-electron chi connectivity index (χ1n) is 3.63. The van der Waals surface area contributed by atoms with Gasteiger partial charge in [0.1, 0.15) is 0 Å². The molecule has 0 spiro atoms. The second-order valence-electron chi connectivity index (χ2n) is 2.48. The minimum absolute atomic E-state index is 0.211. The molecule has 0 bridgehead atoms. The Morgan fingerprint density at radius 3 is 2.67 bits per heavy atom. The van der Waals surface area contributed by atoms with E-state index < -0.39 is 0 Å². The van der Waals surface area contributed by atoms with Crippen molar-refractivity contribution in [2.75, 3.05) is 13.2 Å². The van der Waals surface area contributed by atoms with Crippen LogP contribution in [0, 0.1) is 9.81 Å². The van der Waals surface area contributed by atoms with Gasteiger partial charge in [0.15, 0.2) is 5.01 Å². The number of rotatable bonds is 1. The first kappa shape index (κ1) is 8.86. The first-order valence-corrected chi connectivity index (χ1v) is 5.53. The molecule has 1 aliphatic heterocycles. The Labute approximate surface area is 88.2 Å². The molecule has 0 radical (unpaired) electrons. The number of hydrogen-bond acceptors (Lipinski definition) is 4. The number of aromatic nitrogens is 1. The highest BCUT2D eigenvalue weighted by atomic mass is 127. The molecule has 0 amide bonds. The van der Waals surface area contributed by atoms with Crippen molar-refractivity contribution in [1.29, 1.82) is 0 Å². The third-order valence-electron chi connectivity index (χ3n) is 1.58. The van der Waals surface area contributed by atoms with Gasteiger partial charge in [0, 0.05) is 0 Å². The summed E-state index contributed by atoms with van der Waals surface area (Å²) in [4.78, 5) is 4.35. The number of aryl methyl sites for hydroxylation is 1. The van der Waals surface area contributed by atoms with Crippen LogP contribution in [0.25, 0.3) is 0 Å². The number of halogens is 1. The number of ether oxygens (including phenoxy) is 2. The molecule has 2 heterocycles. The fourth-order valence-corrected chi connectivity index (χ4v) is 2.59.